The largest absolute Gasteiger partial charge is 0.356 e. The van der Waals surface area contributed by atoms with Crippen LogP contribution in [0.2, 0.25) is 5.28 Å². The fourth-order valence-electron chi connectivity index (χ4n) is 3.49. The average Bonchev–Trinajstić information content (AvgIpc) is 3.05. The number of likely N-dealkylation sites (N-methyl/N-ethyl adjacent to an activating group) is 1. The van der Waals surface area contributed by atoms with Gasteiger partial charge in [0.1, 0.15) is 10.6 Å². The molecule has 3 aromatic heterocycles. The van der Waals surface area contributed by atoms with Crippen LogP contribution in [0.15, 0.2) is 53.3 Å². The van der Waals surface area contributed by atoms with Crippen molar-refractivity contribution in [1.82, 2.24) is 15.0 Å². The quantitative estimate of drug-likeness (QED) is 0.289. The van der Waals surface area contributed by atoms with Crippen molar-refractivity contribution < 1.29 is 0 Å². The van der Waals surface area contributed by atoms with Crippen molar-refractivity contribution in [1.29, 1.82) is 0 Å². The lowest BCUT2D eigenvalue weighted by Gasteiger charge is -2.23. The van der Waals surface area contributed by atoms with Gasteiger partial charge in [0.2, 0.25) is 5.28 Å². The maximum absolute atomic E-state index is 6.31. The van der Waals surface area contributed by atoms with Gasteiger partial charge in [-0.2, -0.15) is 4.98 Å². The van der Waals surface area contributed by atoms with Gasteiger partial charge in [-0.1, -0.05) is 28.1 Å². The van der Waals surface area contributed by atoms with Crippen LogP contribution in [0, 0.1) is 6.92 Å². The van der Waals surface area contributed by atoms with E-state index in [4.69, 9.17) is 11.6 Å². The number of aryl methyl sites for hydroxylation is 1. The van der Waals surface area contributed by atoms with Crippen molar-refractivity contribution in [3.05, 3.63) is 69.0 Å². The van der Waals surface area contributed by atoms with E-state index in [0.717, 1.165) is 45.6 Å². The third kappa shape index (κ3) is 4.29. The molecule has 0 bridgehead atoms. The van der Waals surface area contributed by atoms with Crippen molar-refractivity contribution in [2.45, 2.75) is 20.3 Å². The van der Waals surface area contributed by atoms with E-state index < -0.39 is 0 Å². The van der Waals surface area contributed by atoms with Crippen LogP contribution in [-0.2, 0) is 6.42 Å². The molecule has 29 heavy (non-hydrogen) atoms. The standard InChI is InChI=1S/C22H20BrClN4S/c1-3-28(13-10-15-8-11-25-12-9-15)20-19-18(16-4-6-17(23)7-5-16)14(2)29-21(19)27-22(24)26-20/h4-9,11-12H,3,10,13H2,1-2H3. The van der Waals surface area contributed by atoms with Crippen molar-refractivity contribution in [3.8, 4) is 11.1 Å². The first-order valence-corrected chi connectivity index (χ1v) is 11.4. The van der Waals surface area contributed by atoms with Crippen molar-refractivity contribution in [3.63, 3.8) is 0 Å². The van der Waals surface area contributed by atoms with Crippen molar-refractivity contribution >= 4 is 54.9 Å². The SMILES string of the molecule is CCN(CCc1ccncc1)c1nc(Cl)nc2sc(C)c(-c3ccc(Br)cc3)c12. The number of halogens is 2. The van der Waals surface area contributed by atoms with Crippen LogP contribution >= 0.6 is 38.9 Å². The van der Waals surface area contributed by atoms with E-state index in [-0.39, 0.29) is 0 Å². The van der Waals surface area contributed by atoms with E-state index in [1.54, 1.807) is 11.3 Å². The maximum atomic E-state index is 6.31. The molecule has 4 rings (SSSR count). The Balaban J connectivity index is 1.80. The number of aromatic nitrogens is 3. The minimum atomic E-state index is 0.290. The maximum Gasteiger partial charge on any atom is 0.225 e. The first-order valence-electron chi connectivity index (χ1n) is 9.43. The Morgan fingerprint density at radius 3 is 2.48 bits per heavy atom. The van der Waals surface area contributed by atoms with Gasteiger partial charge in [-0.3, -0.25) is 4.98 Å². The molecule has 4 nitrogen and oxygen atoms in total. The molecule has 0 saturated heterocycles. The van der Waals surface area contributed by atoms with Crippen LogP contribution in [0.4, 0.5) is 5.82 Å². The molecule has 1 aromatic carbocycles. The molecule has 0 unspecified atom stereocenters. The molecule has 0 aliphatic heterocycles. The summed E-state index contributed by atoms with van der Waals surface area (Å²) >= 11 is 11.5. The molecule has 148 valence electrons. The lowest BCUT2D eigenvalue weighted by Crippen LogP contribution is -2.26. The molecule has 0 fully saturated rings. The van der Waals surface area contributed by atoms with E-state index in [0.29, 0.717) is 5.28 Å². The van der Waals surface area contributed by atoms with Crippen molar-refractivity contribution in [2.75, 3.05) is 18.0 Å². The number of hydrogen-bond donors (Lipinski definition) is 0. The van der Waals surface area contributed by atoms with E-state index in [9.17, 15) is 0 Å². The van der Waals surface area contributed by atoms with E-state index in [1.165, 1.54) is 16.0 Å². The number of fused-ring (bicyclic) bond motifs is 1. The Kier molecular flexibility index (Phi) is 6.13. The van der Waals surface area contributed by atoms with Gasteiger partial charge in [-0.15, -0.1) is 11.3 Å². The number of pyridine rings is 1. The summed E-state index contributed by atoms with van der Waals surface area (Å²) in [7, 11) is 0. The second kappa shape index (κ2) is 8.78. The summed E-state index contributed by atoms with van der Waals surface area (Å²) < 4.78 is 1.06. The highest BCUT2D eigenvalue weighted by Gasteiger charge is 2.21. The molecule has 0 radical (unpaired) electrons. The first kappa shape index (κ1) is 20.3. The van der Waals surface area contributed by atoms with E-state index in [2.05, 4.69) is 86.0 Å². The molecule has 0 spiro atoms. The molecular weight excluding hydrogens is 468 g/mol. The zero-order chi connectivity index (χ0) is 20.4. The minimum absolute atomic E-state index is 0.290. The number of nitrogens with zero attached hydrogens (tertiary/aromatic N) is 4. The van der Waals surface area contributed by atoms with Crippen LogP contribution < -0.4 is 4.90 Å². The predicted molar refractivity (Wildman–Crippen MR) is 126 cm³/mol. The molecule has 0 saturated carbocycles. The second-order valence-electron chi connectivity index (χ2n) is 6.72. The summed E-state index contributed by atoms with van der Waals surface area (Å²) in [5.74, 6) is 0.902. The first-order chi connectivity index (χ1) is 14.1. The normalized spacial score (nSPS) is 11.2. The summed E-state index contributed by atoms with van der Waals surface area (Å²) in [5.41, 5.74) is 3.60. The predicted octanol–water partition coefficient (Wildman–Crippen LogP) is 6.55. The third-order valence-electron chi connectivity index (χ3n) is 4.92. The topological polar surface area (TPSA) is 41.9 Å². The fourth-order valence-corrected chi connectivity index (χ4v) is 5.01. The molecule has 0 amide bonds. The Morgan fingerprint density at radius 1 is 1.07 bits per heavy atom. The van der Waals surface area contributed by atoms with E-state index in [1.807, 2.05) is 12.4 Å². The Hall–Kier alpha value is -2.02. The van der Waals surface area contributed by atoms with Crippen LogP contribution in [0.3, 0.4) is 0 Å². The Labute approximate surface area is 187 Å². The van der Waals surface area contributed by atoms with Crippen molar-refractivity contribution in [2.24, 2.45) is 0 Å². The number of benzene rings is 1. The second-order valence-corrected chi connectivity index (χ2v) is 9.18. The molecule has 0 aliphatic rings. The summed E-state index contributed by atoms with van der Waals surface area (Å²) in [4.78, 5) is 17.7. The molecular formula is C22H20BrClN4S. The molecule has 4 aromatic rings. The van der Waals surface area contributed by atoms with Crippen LogP contribution in [0.1, 0.15) is 17.4 Å². The van der Waals surface area contributed by atoms with Gasteiger partial charge in [0.05, 0.1) is 5.39 Å². The van der Waals surface area contributed by atoms with E-state index >= 15 is 0 Å². The van der Waals surface area contributed by atoms with Crippen LogP contribution in [0.5, 0.6) is 0 Å². The average molecular weight is 488 g/mol. The molecule has 0 aliphatic carbocycles. The summed E-state index contributed by atoms with van der Waals surface area (Å²) in [5, 5.41) is 1.37. The van der Waals surface area contributed by atoms with Gasteiger partial charge in [-0.05, 0) is 67.3 Å². The summed E-state index contributed by atoms with van der Waals surface area (Å²) in [6, 6.07) is 12.5. The summed E-state index contributed by atoms with van der Waals surface area (Å²) in [6.45, 7) is 5.96. The zero-order valence-corrected chi connectivity index (χ0v) is 19.4. The number of rotatable bonds is 6. The van der Waals surface area contributed by atoms with Gasteiger partial charge in [0.15, 0.2) is 0 Å². The molecule has 0 N–H and O–H groups in total. The zero-order valence-electron chi connectivity index (χ0n) is 16.2. The van der Waals surface area contributed by atoms with Crippen LogP contribution in [0.25, 0.3) is 21.3 Å². The molecule has 0 atom stereocenters. The van der Waals surface area contributed by atoms with Gasteiger partial charge in [0.25, 0.3) is 0 Å². The number of hydrogen-bond acceptors (Lipinski definition) is 5. The monoisotopic (exact) mass is 486 g/mol. The lowest BCUT2D eigenvalue weighted by molar-refractivity contribution is 0.796. The smallest absolute Gasteiger partial charge is 0.225 e. The summed E-state index contributed by atoms with van der Waals surface area (Å²) in [6.07, 6.45) is 4.58. The van der Waals surface area contributed by atoms with Gasteiger partial charge in [0, 0.05) is 40.4 Å². The number of thiophene rings is 1. The number of anilines is 1. The van der Waals surface area contributed by atoms with Gasteiger partial charge >= 0.3 is 0 Å². The molecule has 7 heteroatoms. The fraction of sp³-hybridized carbons (Fsp3) is 0.227. The highest BCUT2D eigenvalue weighted by Crippen LogP contribution is 2.42. The highest BCUT2D eigenvalue weighted by atomic mass is 79.9. The van der Waals surface area contributed by atoms with Crippen LogP contribution in [-0.4, -0.2) is 28.0 Å². The van der Waals surface area contributed by atoms with Gasteiger partial charge in [-0.25, -0.2) is 4.98 Å². The third-order valence-corrected chi connectivity index (χ3v) is 6.61. The lowest BCUT2D eigenvalue weighted by atomic mass is 10.0. The molecule has 3 heterocycles. The Bertz CT molecular complexity index is 1130. The minimum Gasteiger partial charge on any atom is -0.356 e. The highest BCUT2D eigenvalue weighted by molar-refractivity contribution is 9.10. The van der Waals surface area contributed by atoms with Gasteiger partial charge < -0.3 is 4.90 Å². The Morgan fingerprint density at radius 2 is 1.79 bits per heavy atom.